The molecule has 0 saturated carbocycles. The molecule has 2 aromatic rings. The van der Waals surface area contributed by atoms with Crippen LogP contribution in [-0.2, 0) is 0 Å². The lowest BCUT2D eigenvalue weighted by atomic mass is 10.0. The Morgan fingerprint density at radius 3 is 2.13 bits per heavy atom. The summed E-state index contributed by atoms with van der Waals surface area (Å²) in [7, 11) is 4.00. The van der Waals surface area contributed by atoms with Crippen molar-refractivity contribution in [2.45, 2.75) is 13.8 Å². The van der Waals surface area contributed by atoms with Gasteiger partial charge in [-0.25, -0.2) is 4.39 Å². The normalized spacial score (nSPS) is 10.5. The molecule has 0 fully saturated rings. The van der Waals surface area contributed by atoms with E-state index in [1.807, 2.05) is 43.3 Å². The highest BCUT2D eigenvalue weighted by molar-refractivity contribution is 5.82. The molecule has 0 amide bonds. The molecule has 5 heteroatoms. The molecule has 2 aromatic carbocycles. The van der Waals surface area contributed by atoms with Gasteiger partial charge in [0.25, 0.3) is 0 Å². The van der Waals surface area contributed by atoms with E-state index < -0.39 is 0 Å². The van der Waals surface area contributed by atoms with E-state index >= 15 is 0 Å². The number of hydrogen-bond donors (Lipinski definition) is 2. The Bertz CT molecular complexity index is 649. The van der Waals surface area contributed by atoms with Gasteiger partial charge in [-0.15, -0.1) is 0 Å². The van der Waals surface area contributed by atoms with Crippen LogP contribution in [0.3, 0.4) is 0 Å². The molecule has 23 heavy (non-hydrogen) atoms. The Balaban J connectivity index is 2.57. The van der Waals surface area contributed by atoms with E-state index in [-0.39, 0.29) is 5.82 Å². The molecule has 0 unspecified atom stereocenters. The number of halogens is 1. The van der Waals surface area contributed by atoms with E-state index in [2.05, 4.69) is 24.2 Å². The second-order valence-electron chi connectivity index (χ2n) is 5.61. The minimum Gasteiger partial charge on any atom is -0.378 e. The molecule has 0 heterocycles. The Hall–Kier alpha value is -2.27. The number of benzene rings is 2. The van der Waals surface area contributed by atoms with E-state index in [0.717, 1.165) is 35.6 Å². The molecule has 3 N–H and O–H groups in total. The van der Waals surface area contributed by atoms with Gasteiger partial charge in [-0.1, -0.05) is 12.1 Å². The standard InChI is InChI=1S/C18H25FN4/c1-5-23(6-2)18-12-17(21-20)16(19)11-15(18)13-7-9-14(10-8-13)22(3)4/h7-12,21H,5-6,20H2,1-4H3. The summed E-state index contributed by atoms with van der Waals surface area (Å²) >= 11 is 0. The number of nitrogen functional groups attached to an aromatic ring is 1. The Kier molecular flexibility index (Phi) is 5.45. The fourth-order valence-electron chi connectivity index (χ4n) is 2.67. The molecule has 0 aliphatic rings. The van der Waals surface area contributed by atoms with E-state index in [1.165, 1.54) is 0 Å². The third-order valence-electron chi connectivity index (χ3n) is 4.04. The van der Waals surface area contributed by atoms with Crippen molar-refractivity contribution in [1.29, 1.82) is 0 Å². The van der Waals surface area contributed by atoms with Crippen molar-refractivity contribution in [2.24, 2.45) is 5.84 Å². The van der Waals surface area contributed by atoms with Crippen molar-refractivity contribution in [2.75, 3.05) is 42.4 Å². The zero-order valence-corrected chi connectivity index (χ0v) is 14.2. The number of hydrogen-bond acceptors (Lipinski definition) is 4. The average Bonchev–Trinajstić information content (AvgIpc) is 2.56. The number of anilines is 3. The van der Waals surface area contributed by atoms with E-state index in [1.54, 1.807) is 12.1 Å². The van der Waals surface area contributed by atoms with Gasteiger partial charge in [0, 0.05) is 44.1 Å². The van der Waals surface area contributed by atoms with Gasteiger partial charge in [0.1, 0.15) is 5.82 Å². The van der Waals surface area contributed by atoms with Crippen LogP contribution in [0.4, 0.5) is 21.5 Å². The minimum atomic E-state index is -0.352. The number of hydrazine groups is 1. The summed E-state index contributed by atoms with van der Waals surface area (Å²) in [5.41, 5.74) is 6.68. The highest BCUT2D eigenvalue weighted by Crippen LogP contribution is 2.35. The highest BCUT2D eigenvalue weighted by Gasteiger charge is 2.15. The first-order chi connectivity index (χ1) is 11.0. The van der Waals surface area contributed by atoms with Crippen molar-refractivity contribution in [3.8, 4) is 11.1 Å². The number of nitrogens with one attached hydrogen (secondary N) is 1. The van der Waals surface area contributed by atoms with Crippen LogP contribution in [0.2, 0.25) is 0 Å². The van der Waals surface area contributed by atoms with Crippen molar-refractivity contribution >= 4 is 17.1 Å². The maximum absolute atomic E-state index is 14.2. The minimum absolute atomic E-state index is 0.306. The summed E-state index contributed by atoms with van der Waals surface area (Å²) in [5.74, 6) is 5.08. The van der Waals surface area contributed by atoms with Crippen molar-refractivity contribution in [3.05, 3.63) is 42.2 Å². The van der Waals surface area contributed by atoms with Crippen molar-refractivity contribution < 1.29 is 4.39 Å². The van der Waals surface area contributed by atoms with Gasteiger partial charge in [-0.05, 0) is 43.7 Å². The number of nitrogens with zero attached hydrogens (tertiary/aromatic N) is 2. The van der Waals surface area contributed by atoms with Gasteiger partial charge in [0.15, 0.2) is 0 Å². The van der Waals surface area contributed by atoms with E-state index in [4.69, 9.17) is 5.84 Å². The van der Waals surface area contributed by atoms with Crippen LogP contribution < -0.4 is 21.1 Å². The number of rotatable bonds is 6. The zero-order chi connectivity index (χ0) is 17.0. The maximum atomic E-state index is 14.2. The molecule has 0 aliphatic heterocycles. The molecule has 0 spiro atoms. The Morgan fingerprint density at radius 2 is 1.65 bits per heavy atom. The summed E-state index contributed by atoms with van der Waals surface area (Å²) in [6.45, 7) is 5.85. The van der Waals surface area contributed by atoms with Gasteiger partial charge in [0.05, 0.1) is 5.69 Å². The Labute approximate surface area is 137 Å². The first kappa shape index (κ1) is 17.1. The molecular formula is C18H25FN4. The molecule has 0 aromatic heterocycles. The van der Waals surface area contributed by atoms with Gasteiger partial charge in [-0.2, -0.15) is 0 Å². The van der Waals surface area contributed by atoms with E-state index in [9.17, 15) is 4.39 Å². The molecule has 0 bridgehead atoms. The van der Waals surface area contributed by atoms with Crippen LogP contribution in [0, 0.1) is 5.82 Å². The first-order valence-corrected chi connectivity index (χ1v) is 7.84. The maximum Gasteiger partial charge on any atom is 0.148 e. The SMILES string of the molecule is CCN(CC)c1cc(NN)c(F)cc1-c1ccc(N(C)C)cc1. The lowest BCUT2D eigenvalue weighted by Crippen LogP contribution is -2.23. The van der Waals surface area contributed by atoms with Crippen LogP contribution >= 0.6 is 0 Å². The fourth-order valence-corrected chi connectivity index (χ4v) is 2.67. The largest absolute Gasteiger partial charge is 0.378 e. The third kappa shape index (κ3) is 3.56. The fraction of sp³-hybridized carbons (Fsp3) is 0.333. The third-order valence-corrected chi connectivity index (χ3v) is 4.04. The Morgan fingerprint density at radius 1 is 1.04 bits per heavy atom. The first-order valence-electron chi connectivity index (χ1n) is 7.84. The van der Waals surface area contributed by atoms with Gasteiger partial charge in [-0.3, -0.25) is 5.84 Å². The summed E-state index contributed by atoms with van der Waals surface area (Å²) in [6.07, 6.45) is 0. The van der Waals surface area contributed by atoms with Gasteiger partial charge >= 0.3 is 0 Å². The lowest BCUT2D eigenvalue weighted by Gasteiger charge is -2.25. The van der Waals surface area contributed by atoms with Crippen LogP contribution in [0.15, 0.2) is 36.4 Å². The zero-order valence-electron chi connectivity index (χ0n) is 14.2. The number of nitrogens with two attached hydrogens (primary N) is 1. The summed E-state index contributed by atoms with van der Waals surface area (Å²) < 4.78 is 14.2. The molecule has 0 aliphatic carbocycles. The van der Waals surface area contributed by atoms with Crippen LogP contribution in [0.5, 0.6) is 0 Å². The smallest absolute Gasteiger partial charge is 0.148 e. The topological polar surface area (TPSA) is 44.5 Å². The summed E-state index contributed by atoms with van der Waals surface area (Å²) in [6, 6.07) is 11.4. The second kappa shape index (κ2) is 7.33. The average molecular weight is 316 g/mol. The van der Waals surface area contributed by atoms with Crippen molar-refractivity contribution in [1.82, 2.24) is 0 Å². The van der Waals surface area contributed by atoms with Gasteiger partial charge in [0.2, 0.25) is 0 Å². The molecule has 0 saturated heterocycles. The van der Waals surface area contributed by atoms with Crippen molar-refractivity contribution in [3.63, 3.8) is 0 Å². The molecular weight excluding hydrogens is 291 g/mol. The summed E-state index contributed by atoms with van der Waals surface area (Å²) in [4.78, 5) is 4.23. The molecule has 0 atom stereocenters. The van der Waals surface area contributed by atoms with Crippen LogP contribution in [-0.4, -0.2) is 27.2 Å². The van der Waals surface area contributed by atoms with Gasteiger partial charge < -0.3 is 15.2 Å². The monoisotopic (exact) mass is 316 g/mol. The predicted molar refractivity (Wildman–Crippen MR) is 97.5 cm³/mol. The quantitative estimate of drug-likeness (QED) is 0.630. The summed E-state index contributed by atoms with van der Waals surface area (Å²) in [5, 5.41) is 0. The molecule has 2 rings (SSSR count). The lowest BCUT2D eigenvalue weighted by molar-refractivity contribution is 0.631. The second-order valence-corrected chi connectivity index (χ2v) is 5.61. The van der Waals surface area contributed by atoms with Crippen LogP contribution in [0.1, 0.15) is 13.8 Å². The van der Waals surface area contributed by atoms with Crippen LogP contribution in [0.25, 0.3) is 11.1 Å². The molecule has 4 nitrogen and oxygen atoms in total. The molecule has 124 valence electrons. The molecule has 0 radical (unpaired) electrons. The highest BCUT2D eigenvalue weighted by atomic mass is 19.1. The predicted octanol–water partition coefficient (Wildman–Crippen LogP) is 3.69. The van der Waals surface area contributed by atoms with E-state index in [0.29, 0.717) is 5.69 Å².